The molecule has 2 unspecified atom stereocenters. The Kier molecular flexibility index (Phi) is 5.99. The van der Waals surface area contributed by atoms with E-state index in [1.807, 2.05) is 31.2 Å². The van der Waals surface area contributed by atoms with Gasteiger partial charge in [0.25, 0.3) is 0 Å². The van der Waals surface area contributed by atoms with Gasteiger partial charge in [0, 0.05) is 6.54 Å². The van der Waals surface area contributed by atoms with Gasteiger partial charge in [-0.3, -0.25) is 0 Å². The maximum absolute atomic E-state index is 11.5. The number of amides is 2. The molecule has 2 amide bonds. The molecular formula is C14H20N2O4. The molecule has 0 aromatic heterocycles. The van der Waals surface area contributed by atoms with Gasteiger partial charge in [-0.05, 0) is 31.4 Å². The molecule has 20 heavy (non-hydrogen) atoms. The third-order valence-electron chi connectivity index (χ3n) is 2.98. The fraction of sp³-hybridized carbons (Fsp3) is 0.429. The molecule has 2 atom stereocenters. The van der Waals surface area contributed by atoms with Crippen LogP contribution in [0.15, 0.2) is 24.3 Å². The zero-order chi connectivity index (χ0) is 15.1. The van der Waals surface area contributed by atoms with E-state index in [-0.39, 0.29) is 0 Å². The van der Waals surface area contributed by atoms with Crippen molar-refractivity contribution in [2.75, 3.05) is 6.54 Å². The van der Waals surface area contributed by atoms with Crippen molar-refractivity contribution in [3.05, 3.63) is 35.4 Å². The molecule has 0 spiro atoms. The number of aryl methyl sites for hydroxylation is 1. The average molecular weight is 280 g/mol. The van der Waals surface area contributed by atoms with Gasteiger partial charge in [0.1, 0.15) is 0 Å². The monoisotopic (exact) mass is 280 g/mol. The minimum Gasteiger partial charge on any atom is -0.480 e. The van der Waals surface area contributed by atoms with Gasteiger partial charge in [0.05, 0.1) is 6.10 Å². The Morgan fingerprint density at radius 2 is 1.95 bits per heavy atom. The number of aliphatic carboxylic acids is 1. The smallest absolute Gasteiger partial charge is 0.328 e. The zero-order valence-corrected chi connectivity index (χ0v) is 11.6. The second-order valence-electron chi connectivity index (χ2n) is 4.63. The Balaban J connectivity index is 2.40. The van der Waals surface area contributed by atoms with Crippen LogP contribution in [0, 0.1) is 6.92 Å². The topological polar surface area (TPSA) is 98.7 Å². The summed E-state index contributed by atoms with van der Waals surface area (Å²) in [5.74, 6) is -1.27. The summed E-state index contributed by atoms with van der Waals surface area (Å²) in [6.45, 7) is 3.69. The molecule has 0 heterocycles. The quantitative estimate of drug-likeness (QED) is 0.615. The van der Waals surface area contributed by atoms with Gasteiger partial charge in [-0.15, -0.1) is 0 Å². The molecule has 0 aliphatic carbocycles. The van der Waals surface area contributed by atoms with Crippen molar-refractivity contribution < 1.29 is 19.8 Å². The first-order chi connectivity index (χ1) is 9.41. The fourth-order valence-electron chi connectivity index (χ4n) is 1.78. The number of benzene rings is 1. The average Bonchev–Trinajstić information content (AvgIpc) is 2.37. The first kappa shape index (κ1) is 16.0. The zero-order valence-electron chi connectivity index (χ0n) is 11.6. The highest BCUT2D eigenvalue weighted by Gasteiger charge is 2.24. The lowest BCUT2D eigenvalue weighted by Gasteiger charge is -2.17. The predicted molar refractivity (Wildman–Crippen MR) is 74.5 cm³/mol. The largest absolute Gasteiger partial charge is 0.480 e. The Hall–Kier alpha value is -2.08. The molecule has 0 fully saturated rings. The lowest BCUT2D eigenvalue weighted by atomic mass is 10.1. The van der Waals surface area contributed by atoms with Crippen molar-refractivity contribution in [3.8, 4) is 0 Å². The number of urea groups is 1. The van der Waals surface area contributed by atoms with Gasteiger partial charge in [0.2, 0.25) is 0 Å². The minimum atomic E-state index is -1.31. The van der Waals surface area contributed by atoms with Gasteiger partial charge in [-0.25, -0.2) is 9.59 Å². The molecule has 0 aliphatic rings. The van der Waals surface area contributed by atoms with E-state index < -0.39 is 24.1 Å². The molecule has 0 aliphatic heterocycles. The molecule has 0 saturated carbocycles. The van der Waals surface area contributed by atoms with Crippen LogP contribution >= 0.6 is 0 Å². The molecule has 6 nitrogen and oxygen atoms in total. The number of carboxylic acids is 1. The minimum absolute atomic E-state index is 0.392. The molecule has 0 saturated heterocycles. The van der Waals surface area contributed by atoms with Crippen molar-refractivity contribution in [3.63, 3.8) is 0 Å². The van der Waals surface area contributed by atoms with Crippen LogP contribution in [0.5, 0.6) is 0 Å². The van der Waals surface area contributed by atoms with Crippen molar-refractivity contribution in [2.45, 2.75) is 32.4 Å². The molecule has 1 aromatic carbocycles. The van der Waals surface area contributed by atoms with Crippen molar-refractivity contribution in [2.24, 2.45) is 0 Å². The highest BCUT2D eigenvalue weighted by molar-refractivity contribution is 5.82. The van der Waals surface area contributed by atoms with Crippen LogP contribution in [0.2, 0.25) is 0 Å². The van der Waals surface area contributed by atoms with E-state index in [2.05, 4.69) is 10.6 Å². The van der Waals surface area contributed by atoms with Crippen LogP contribution in [0.4, 0.5) is 4.79 Å². The van der Waals surface area contributed by atoms with E-state index in [1.165, 1.54) is 6.92 Å². The third kappa shape index (κ3) is 4.89. The third-order valence-corrected chi connectivity index (χ3v) is 2.98. The van der Waals surface area contributed by atoms with Crippen molar-refractivity contribution >= 4 is 12.0 Å². The molecule has 4 N–H and O–H groups in total. The number of hydrogen-bond donors (Lipinski definition) is 4. The lowest BCUT2D eigenvalue weighted by molar-refractivity contribution is -0.141. The molecule has 1 aromatic rings. The van der Waals surface area contributed by atoms with E-state index in [1.54, 1.807) is 0 Å². The normalized spacial score (nSPS) is 13.3. The molecule has 0 bridgehead atoms. The SMILES string of the molecule is Cc1ccccc1CCNC(=O)NC(C(=O)O)C(C)O. The van der Waals surface area contributed by atoms with Gasteiger partial charge in [-0.1, -0.05) is 24.3 Å². The summed E-state index contributed by atoms with van der Waals surface area (Å²) < 4.78 is 0. The van der Waals surface area contributed by atoms with E-state index in [4.69, 9.17) is 5.11 Å². The number of aliphatic hydroxyl groups excluding tert-OH is 1. The van der Waals surface area contributed by atoms with Gasteiger partial charge >= 0.3 is 12.0 Å². The van der Waals surface area contributed by atoms with Crippen molar-refractivity contribution in [1.82, 2.24) is 10.6 Å². The summed E-state index contributed by atoms with van der Waals surface area (Å²) >= 11 is 0. The predicted octanol–water partition coefficient (Wildman–Crippen LogP) is 0.671. The maximum Gasteiger partial charge on any atom is 0.328 e. The Labute approximate surface area is 117 Å². The van der Waals surface area contributed by atoms with E-state index in [9.17, 15) is 14.7 Å². The highest BCUT2D eigenvalue weighted by Crippen LogP contribution is 2.06. The van der Waals surface area contributed by atoms with Crippen LogP contribution < -0.4 is 10.6 Å². The van der Waals surface area contributed by atoms with Crippen LogP contribution in [0.1, 0.15) is 18.1 Å². The number of nitrogens with one attached hydrogen (secondary N) is 2. The Bertz CT molecular complexity index is 474. The first-order valence-electron chi connectivity index (χ1n) is 6.41. The number of rotatable bonds is 6. The van der Waals surface area contributed by atoms with Crippen LogP contribution in [0.3, 0.4) is 0 Å². The summed E-state index contributed by atoms with van der Waals surface area (Å²) in [5, 5.41) is 22.9. The van der Waals surface area contributed by atoms with E-state index in [0.29, 0.717) is 13.0 Å². The van der Waals surface area contributed by atoms with Gasteiger partial charge in [-0.2, -0.15) is 0 Å². The van der Waals surface area contributed by atoms with Crippen LogP contribution in [-0.2, 0) is 11.2 Å². The number of carbonyl (C=O) groups is 2. The van der Waals surface area contributed by atoms with Gasteiger partial charge in [0.15, 0.2) is 6.04 Å². The Morgan fingerprint density at radius 1 is 1.30 bits per heavy atom. The van der Waals surface area contributed by atoms with Crippen LogP contribution in [0.25, 0.3) is 0 Å². The number of carboxylic acid groups (broad SMARTS) is 1. The summed E-state index contributed by atoms with van der Waals surface area (Å²) in [6.07, 6.45) is -0.499. The van der Waals surface area contributed by atoms with Gasteiger partial charge < -0.3 is 20.8 Å². The summed E-state index contributed by atoms with van der Waals surface area (Å²) in [4.78, 5) is 22.4. The van der Waals surface area contributed by atoms with Crippen molar-refractivity contribution in [1.29, 1.82) is 0 Å². The van der Waals surface area contributed by atoms with E-state index in [0.717, 1.165) is 11.1 Å². The molecular weight excluding hydrogens is 260 g/mol. The summed E-state index contributed by atoms with van der Waals surface area (Å²) in [7, 11) is 0. The first-order valence-corrected chi connectivity index (χ1v) is 6.41. The molecule has 0 radical (unpaired) electrons. The molecule has 1 rings (SSSR count). The number of carbonyl (C=O) groups excluding carboxylic acids is 1. The number of aliphatic hydroxyl groups is 1. The standard InChI is InChI=1S/C14H20N2O4/c1-9-5-3-4-6-11(9)7-8-15-14(20)16-12(10(2)17)13(18)19/h3-6,10,12,17H,7-8H2,1-2H3,(H,18,19)(H2,15,16,20). The second-order valence-corrected chi connectivity index (χ2v) is 4.63. The lowest BCUT2D eigenvalue weighted by Crippen LogP contribution is -2.51. The highest BCUT2D eigenvalue weighted by atomic mass is 16.4. The summed E-state index contributed by atoms with van der Waals surface area (Å²) in [5.41, 5.74) is 2.26. The van der Waals surface area contributed by atoms with E-state index >= 15 is 0 Å². The second kappa shape index (κ2) is 7.49. The van der Waals surface area contributed by atoms with Crippen LogP contribution in [-0.4, -0.2) is 40.9 Å². The summed E-state index contributed by atoms with van der Waals surface area (Å²) in [6, 6.07) is 5.92. The molecule has 6 heteroatoms. The number of hydrogen-bond acceptors (Lipinski definition) is 3. The molecule has 110 valence electrons. The maximum atomic E-state index is 11.5. The Morgan fingerprint density at radius 3 is 2.50 bits per heavy atom. The fourth-order valence-corrected chi connectivity index (χ4v) is 1.78.